The number of nitrogens with zero attached hydrogens (tertiary/aromatic N) is 2. The van der Waals surface area contributed by atoms with Gasteiger partial charge in [0.05, 0.1) is 6.54 Å². The molecule has 5 nitrogen and oxygen atoms in total. The summed E-state index contributed by atoms with van der Waals surface area (Å²) in [6.07, 6.45) is 1.17. The molecule has 0 aliphatic rings. The summed E-state index contributed by atoms with van der Waals surface area (Å²) in [5.41, 5.74) is -0.0678. The van der Waals surface area contributed by atoms with Crippen LogP contribution in [-0.4, -0.2) is 22.1 Å². The normalized spacial score (nSPS) is 10.8. The summed E-state index contributed by atoms with van der Waals surface area (Å²) in [4.78, 5) is 17.9. The van der Waals surface area contributed by atoms with Gasteiger partial charge in [0.1, 0.15) is 6.26 Å². The zero-order chi connectivity index (χ0) is 13.1. The van der Waals surface area contributed by atoms with Crippen LogP contribution in [0.15, 0.2) is 28.2 Å². The molecule has 6 heteroatoms. The van der Waals surface area contributed by atoms with Crippen LogP contribution >= 0.6 is 11.3 Å². The molecule has 0 radical (unpaired) electrons. The molecule has 0 aromatic carbocycles. The van der Waals surface area contributed by atoms with E-state index in [1.807, 2.05) is 36.3 Å². The van der Waals surface area contributed by atoms with E-state index >= 15 is 0 Å². The molecule has 0 amide bonds. The third-order valence-electron chi connectivity index (χ3n) is 2.49. The Labute approximate surface area is 109 Å². The van der Waals surface area contributed by atoms with Crippen molar-refractivity contribution in [2.24, 2.45) is 0 Å². The average molecular weight is 266 g/mol. The second kappa shape index (κ2) is 5.22. The molecule has 0 atom stereocenters. The van der Waals surface area contributed by atoms with Crippen molar-refractivity contribution in [2.75, 3.05) is 4.90 Å². The second-order valence-electron chi connectivity index (χ2n) is 4.12. The third-order valence-corrected chi connectivity index (χ3v) is 3.35. The number of aromatic carboxylic acids is 1. The van der Waals surface area contributed by atoms with Crippen LogP contribution in [-0.2, 0) is 6.54 Å². The number of thiophene rings is 1. The van der Waals surface area contributed by atoms with Gasteiger partial charge < -0.3 is 14.4 Å². The Morgan fingerprint density at radius 3 is 2.89 bits per heavy atom. The average Bonchev–Trinajstić information content (AvgIpc) is 2.96. The standard InChI is InChI=1S/C12H14N2O3S/c1-8(2)14(6-9-4-3-5-18-9)12-13-10(7-17-12)11(15)16/h3-5,7-8H,6H2,1-2H3,(H,15,16). The monoisotopic (exact) mass is 266 g/mol. The van der Waals surface area contributed by atoms with E-state index < -0.39 is 5.97 Å². The maximum atomic E-state index is 10.8. The highest BCUT2D eigenvalue weighted by Gasteiger charge is 2.19. The van der Waals surface area contributed by atoms with Crippen molar-refractivity contribution in [1.29, 1.82) is 0 Å². The lowest BCUT2D eigenvalue weighted by molar-refractivity contribution is 0.0690. The predicted octanol–water partition coefficient (Wildman–Crippen LogP) is 2.85. The Balaban J connectivity index is 2.21. The minimum Gasteiger partial charge on any atom is -0.476 e. The first kappa shape index (κ1) is 12.6. The van der Waals surface area contributed by atoms with Gasteiger partial charge in [-0.2, -0.15) is 4.98 Å². The number of hydrogen-bond donors (Lipinski definition) is 1. The van der Waals surface area contributed by atoms with E-state index in [0.29, 0.717) is 12.6 Å². The molecule has 18 heavy (non-hydrogen) atoms. The van der Waals surface area contributed by atoms with Crippen molar-refractivity contribution >= 4 is 23.3 Å². The smallest absolute Gasteiger partial charge is 0.357 e. The lowest BCUT2D eigenvalue weighted by Gasteiger charge is -2.23. The highest BCUT2D eigenvalue weighted by Crippen LogP contribution is 2.21. The van der Waals surface area contributed by atoms with Crippen LogP contribution in [0.5, 0.6) is 0 Å². The summed E-state index contributed by atoms with van der Waals surface area (Å²) in [6, 6.07) is 4.53. The van der Waals surface area contributed by atoms with Crippen molar-refractivity contribution in [3.63, 3.8) is 0 Å². The van der Waals surface area contributed by atoms with Gasteiger partial charge in [0.2, 0.25) is 0 Å². The lowest BCUT2D eigenvalue weighted by Crippen LogP contribution is -2.30. The van der Waals surface area contributed by atoms with Crippen LogP contribution < -0.4 is 4.90 Å². The molecule has 0 aliphatic heterocycles. The molecule has 96 valence electrons. The lowest BCUT2D eigenvalue weighted by atomic mass is 10.3. The molecule has 2 rings (SSSR count). The Kier molecular flexibility index (Phi) is 3.66. The summed E-state index contributed by atoms with van der Waals surface area (Å²) in [6.45, 7) is 4.69. The molecule has 0 saturated heterocycles. The number of oxazole rings is 1. The van der Waals surface area contributed by atoms with Gasteiger partial charge >= 0.3 is 5.97 Å². The minimum atomic E-state index is -1.08. The molecule has 0 fully saturated rings. The number of hydrogen-bond acceptors (Lipinski definition) is 5. The molecule has 1 N–H and O–H groups in total. The number of carboxylic acid groups (broad SMARTS) is 1. The summed E-state index contributed by atoms with van der Waals surface area (Å²) in [7, 11) is 0. The molecular weight excluding hydrogens is 252 g/mol. The molecule has 0 bridgehead atoms. The maximum Gasteiger partial charge on any atom is 0.357 e. The van der Waals surface area contributed by atoms with Crippen molar-refractivity contribution in [3.05, 3.63) is 34.3 Å². The third kappa shape index (κ3) is 2.70. The quantitative estimate of drug-likeness (QED) is 0.901. The van der Waals surface area contributed by atoms with Gasteiger partial charge in [0.25, 0.3) is 6.01 Å². The van der Waals surface area contributed by atoms with Crippen molar-refractivity contribution in [2.45, 2.75) is 26.4 Å². The van der Waals surface area contributed by atoms with Crippen molar-refractivity contribution in [3.8, 4) is 0 Å². The summed E-state index contributed by atoms with van der Waals surface area (Å²) in [5.74, 6) is -1.08. The van der Waals surface area contributed by atoms with Crippen LogP contribution in [0.25, 0.3) is 0 Å². The second-order valence-corrected chi connectivity index (χ2v) is 5.15. The number of aromatic nitrogens is 1. The SMILES string of the molecule is CC(C)N(Cc1cccs1)c1nc(C(=O)O)co1. The predicted molar refractivity (Wildman–Crippen MR) is 69.1 cm³/mol. The largest absolute Gasteiger partial charge is 0.476 e. The zero-order valence-electron chi connectivity index (χ0n) is 10.2. The summed E-state index contributed by atoms with van der Waals surface area (Å²) >= 11 is 1.65. The fourth-order valence-corrected chi connectivity index (χ4v) is 2.24. The van der Waals surface area contributed by atoms with Gasteiger partial charge in [0.15, 0.2) is 5.69 Å². The fourth-order valence-electron chi connectivity index (χ4n) is 1.54. The van der Waals surface area contributed by atoms with Gasteiger partial charge in [-0.3, -0.25) is 0 Å². The van der Waals surface area contributed by atoms with E-state index in [0.717, 1.165) is 0 Å². The first-order valence-corrected chi connectivity index (χ1v) is 6.43. The molecule has 0 unspecified atom stereocenters. The van der Waals surface area contributed by atoms with E-state index in [-0.39, 0.29) is 11.7 Å². The van der Waals surface area contributed by atoms with Gasteiger partial charge in [-0.15, -0.1) is 11.3 Å². The molecule has 2 heterocycles. The number of carbonyl (C=O) groups is 1. The van der Waals surface area contributed by atoms with Crippen LogP contribution in [0.1, 0.15) is 29.2 Å². The topological polar surface area (TPSA) is 66.6 Å². The molecule has 2 aromatic rings. The Hall–Kier alpha value is -1.82. The van der Waals surface area contributed by atoms with Crippen LogP contribution in [0, 0.1) is 0 Å². The van der Waals surface area contributed by atoms with Crippen LogP contribution in [0.4, 0.5) is 6.01 Å². The highest BCUT2D eigenvalue weighted by molar-refractivity contribution is 7.09. The van der Waals surface area contributed by atoms with E-state index in [4.69, 9.17) is 9.52 Å². The van der Waals surface area contributed by atoms with Gasteiger partial charge in [-0.1, -0.05) is 6.07 Å². The Bertz CT molecular complexity index is 519. The first-order chi connectivity index (χ1) is 8.58. The first-order valence-electron chi connectivity index (χ1n) is 5.55. The maximum absolute atomic E-state index is 10.8. The van der Waals surface area contributed by atoms with Gasteiger partial charge in [0, 0.05) is 10.9 Å². The van der Waals surface area contributed by atoms with Crippen molar-refractivity contribution < 1.29 is 14.3 Å². The van der Waals surface area contributed by atoms with E-state index in [2.05, 4.69) is 4.98 Å². The van der Waals surface area contributed by atoms with Gasteiger partial charge in [-0.05, 0) is 25.3 Å². The molecule has 0 aliphatic carbocycles. The summed E-state index contributed by atoms with van der Waals surface area (Å²) < 4.78 is 5.24. The number of anilines is 1. The minimum absolute atomic E-state index is 0.0678. The van der Waals surface area contributed by atoms with Crippen LogP contribution in [0.3, 0.4) is 0 Å². The Morgan fingerprint density at radius 1 is 1.61 bits per heavy atom. The molecule has 0 spiro atoms. The molecule has 2 aromatic heterocycles. The molecular formula is C12H14N2O3S. The van der Waals surface area contributed by atoms with Gasteiger partial charge in [-0.25, -0.2) is 4.79 Å². The number of carboxylic acids is 1. The van der Waals surface area contributed by atoms with E-state index in [9.17, 15) is 4.79 Å². The van der Waals surface area contributed by atoms with Crippen molar-refractivity contribution in [1.82, 2.24) is 4.98 Å². The number of rotatable bonds is 5. The van der Waals surface area contributed by atoms with E-state index in [1.165, 1.54) is 11.1 Å². The molecule has 0 saturated carbocycles. The van der Waals surface area contributed by atoms with Crippen LogP contribution in [0.2, 0.25) is 0 Å². The fraction of sp³-hybridized carbons (Fsp3) is 0.333. The highest BCUT2D eigenvalue weighted by atomic mass is 32.1. The van der Waals surface area contributed by atoms with E-state index in [1.54, 1.807) is 11.3 Å². The summed E-state index contributed by atoms with van der Waals surface area (Å²) in [5, 5.41) is 10.8. The zero-order valence-corrected chi connectivity index (χ0v) is 11.0. The Morgan fingerprint density at radius 2 is 2.39 bits per heavy atom.